The second-order valence-electron chi connectivity index (χ2n) is 5.65. The molecular formula is C18H27NO3. The lowest BCUT2D eigenvalue weighted by Gasteiger charge is -2.15. The summed E-state index contributed by atoms with van der Waals surface area (Å²) >= 11 is 0. The van der Waals surface area contributed by atoms with Crippen LogP contribution in [-0.2, 0) is 6.42 Å². The topological polar surface area (TPSA) is 63.4 Å². The summed E-state index contributed by atoms with van der Waals surface area (Å²) in [5.74, 6) is 0. The van der Waals surface area contributed by atoms with Crippen molar-refractivity contribution in [2.24, 2.45) is 0 Å². The van der Waals surface area contributed by atoms with Crippen molar-refractivity contribution in [2.75, 3.05) is 0 Å². The van der Waals surface area contributed by atoms with Crippen molar-refractivity contribution in [1.29, 1.82) is 0 Å². The van der Waals surface area contributed by atoms with E-state index in [0.29, 0.717) is 12.8 Å². The number of hydrogen-bond donors (Lipinski definition) is 1. The minimum absolute atomic E-state index is 0.273. The normalized spacial score (nSPS) is 14.1. The van der Waals surface area contributed by atoms with Gasteiger partial charge in [0.2, 0.25) is 6.04 Å². The van der Waals surface area contributed by atoms with E-state index in [4.69, 9.17) is 0 Å². The van der Waals surface area contributed by atoms with Gasteiger partial charge in [0.1, 0.15) is 6.10 Å². The second-order valence-corrected chi connectivity index (χ2v) is 5.65. The SMILES string of the molecule is CCCCC/C=C/CCC(O)C(Cc1ccccc1)[N+](=O)[O-]. The van der Waals surface area contributed by atoms with E-state index in [-0.39, 0.29) is 11.3 Å². The van der Waals surface area contributed by atoms with Crippen LogP contribution in [0.15, 0.2) is 42.5 Å². The van der Waals surface area contributed by atoms with Crippen molar-refractivity contribution in [1.82, 2.24) is 0 Å². The number of benzene rings is 1. The van der Waals surface area contributed by atoms with Crippen molar-refractivity contribution in [3.63, 3.8) is 0 Å². The summed E-state index contributed by atoms with van der Waals surface area (Å²) in [5.41, 5.74) is 0.887. The van der Waals surface area contributed by atoms with Gasteiger partial charge in [0.05, 0.1) is 0 Å². The van der Waals surface area contributed by atoms with Crippen molar-refractivity contribution in [2.45, 2.75) is 64.0 Å². The third-order valence-corrected chi connectivity index (χ3v) is 3.77. The lowest BCUT2D eigenvalue weighted by Crippen LogP contribution is -2.35. The molecule has 1 N–H and O–H groups in total. The zero-order valence-corrected chi connectivity index (χ0v) is 13.4. The predicted molar refractivity (Wildman–Crippen MR) is 89.5 cm³/mol. The molecule has 0 spiro atoms. The molecule has 1 aromatic carbocycles. The number of allylic oxidation sites excluding steroid dienone is 2. The number of aliphatic hydroxyl groups excluding tert-OH is 1. The Balaban J connectivity index is 2.39. The molecule has 0 saturated carbocycles. The van der Waals surface area contributed by atoms with E-state index >= 15 is 0 Å². The number of aliphatic hydroxyl groups is 1. The molecule has 4 nitrogen and oxygen atoms in total. The van der Waals surface area contributed by atoms with Crippen molar-refractivity contribution in [3.05, 3.63) is 58.2 Å². The average molecular weight is 305 g/mol. The first-order valence-corrected chi connectivity index (χ1v) is 8.15. The Kier molecular flexibility index (Phi) is 9.15. The highest BCUT2D eigenvalue weighted by atomic mass is 16.6. The lowest BCUT2D eigenvalue weighted by molar-refractivity contribution is -0.534. The summed E-state index contributed by atoms with van der Waals surface area (Å²) in [6, 6.07) is 8.38. The second kappa shape index (κ2) is 11.0. The first-order chi connectivity index (χ1) is 10.6. The van der Waals surface area contributed by atoms with Gasteiger partial charge in [-0.1, -0.05) is 62.2 Å². The molecule has 0 aromatic heterocycles. The Morgan fingerprint density at radius 3 is 2.50 bits per heavy atom. The third kappa shape index (κ3) is 7.36. The lowest BCUT2D eigenvalue weighted by atomic mass is 9.98. The monoisotopic (exact) mass is 305 g/mol. The molecule has 122 valence electrons. The first-order valence-electron chi connectivity index (χ1n) is 8.15. The quantitative estimate of drug-likeness (QED) is 0.289. The van der Waals surface area contributed by atoms with Gasteiger partial charge in [-0.15, -0.1) is 0 Å². The molecule has 0 saturated heterocycles. The molecule has 0 aliphatic carbocycles. The van der Waals surface area contributed by atoms with Gasteiger partial charge in [-0.3, -0.25) is 10.1 Å². The molecular weight excluding hydrogens is 278 g/mol. The zero-order chi connectivity index (χ0) is 16.2. The molecule has 1 aromatic rings. The highest BCUT2D eigenvalue weighted by molar-refractivity contribution is 5.15. The summed E-state index contributed by atoms with van der Waals surface area (Å²) in [4.78, 5) is 10.8. The van der Waals surface area contributed by atoms with Crippen LogP contribution in [0.4, 0.5) is 0 Å². The number of hydrogen-bond acceptors (Lipinski definition) is 3. The predicted octanol–water partition coefficient (Wildman–Crippen LogP) is 4.15. The van der Waals surface area contributed by atoms with E-state index in [9.17, 15) is 15.2 Å². The fourth-order valence-corrected chi connectivity index (χ4v) is 2.41. The van der Waals surface area contributed by atoms with Crippen LogP contribution in [0.3, 0.4) is 0 Å². The first kappa shape index (κ1) is 18.4. The maximum absolute atomic E-state index is 11.2. The number of unbranched alkanes of at least 4 members (excludes halogenated alkanes) is 3. The molecule has 0 amide bonds. The van der Waals surface area contributed by atoms with Crippen LogP contribution < -0.4 is 0 Å². The standard InChI is InChI=1S/C18H27NO3/c1-2-3-4-5-6-7-11-14-18(20)17(19(21)22)15-16-12-9-8-10-13-16/h6-10,12-13,17-18,20H,2-5,11,14-15H2,1H3/b7-6+. The maximum atomic E-state index is 11.2. The zero-order valence-electron chi connectivity index (χ0n) is 13.4. The molecule has 2 atom stereocenters. The average Bonchev–Trinajstić information content (AvgIpc) is 2.52. The number of nitrogens with zero attached hydrogens (tertiary/aromatic N) is 1. The fraction of sp³-hybridized carbons (Fsp3) is 0.556. The molecule has 0 fully saturated rings. The maximum Gasteiger partial charge on any atom is 0.242 e. The third-order valence-electron chi connectivity index (χ3n) is 3.77. The van der Waals surface area contributed by atoms with Gasteiger partial charge in [0, 0.05) is 11.3 Å². The Bertz CT molecular complexity index is 445. The number of nitro groups is 1. The smallest absolute Gasteiger partial charge is 0.242 e. The van der Waals surface area contributed by atoms with Crippen LogP contribution in [0.25, 0.3) is 0 Å². The van der Waals surface area contributed by atoms with Gasteiger partial charge in [0.25, 0.3) is 0 Å². The molecule has 0 aliphatic rings. The summed E-state index contributed by atoms with van der Waals surface area (Å²) < 4.78 is 0. The van der Waals surface area contributed by atoms with E-state index in [0.717, 1.165) is 12.0 Å². The molecule has 0 radical (unpaired) electrons. The van der Waals surface area contributed by atoms with Gasteiger partial charge >= 0.3 is 0 Å². The highest BCUT2D eigenvalue weighted by Crippen LogP contribution is 2.13. The molecule has 4 heteroatoms. The highest BCUT2D eigenvalue weighted by Gasteiger charge is 2.29. The number of rotatable bonds is 11. The largest absolute Gasteiger partial charge is 0.386 e. The van der Waals surface area contributed by atoms with Gasteiger partial charge in [-0.2, -0.15) is 0 Å². The van der Waals surface area contributed by atoms with E-state index in [1.54, 1.807) is 0 Å². The fourth-order valence-electron chi connectivity index (χ4n) is 2.41. The minimum Gasteiger partial charge on any atom is -0.386 e. The van der Waals surface area contributed by atoms with Crippen LogP contribution in [0, 0.1) is 10.1 Å². The van der Waals surface area contributed by atoms with E-state index in [2.05, 4.69) is 13.0 Å². The molecule has 0 bridgehead atoms. The molecule has 0 aliphatic heterocycles. The van der Waals surface area contributed by atoms with Crippen molar-refractivity contribution in [3.8, 4) is 0 Å². The van der Waals surface area contributed by atoms with Crippen LogP contribution in [-0.4, -0.2) is 22.2 Å². The van der Waals surface area contributed by atoms with Gasteiger partial charge in [-0.25, -0.2) is 0 Å². The van der Waals surface area contributed by atoms with E-state index in [1.165, 1.54) is 19.3 Å². The summed E-state index contributed by atoms with van der Waals surface area (Å²) in [6.45, 7) is 2.17. The summed E-state index contributed by atoms with van der Waals surface area (Å²) in [5, 5.41) is 21.3. The Morgan fingerprint density at radius 1 is 1.18 bits per heavy atom. The van der Waals surface area contributed by atoms with Crippen LogP contribution in [0.5, 0.6) is 0 Å². The van der Waals surface area contributed by atoms with Gasteiger partial charge in [0.15, 0.2) is 0 Å². The van der Waals surface area contributed by atoms with E-state index in [1.807, 2.05) is 36.4 Å². The van der Waals surface area contributed by atoms with Crippen molar-refractivity contribution < 1.29 is 10.0 Å². The van der Waals surface area contributed by atoms with Crippen molar-refractivity contribution >= 4 is 0 Å². The van der Waals surface area contributed by atoms with Gasteiger partial charge in [-0.05, 0) is 31.2 Å². The summed E-state index contributed by atoms with van der Waals surface area (Å²) in [7, 11) is 0. The molecule has 2 unspecified atom stereocenters. The molecule has 1 rings (SSSR count). The van der Waals surface area contributed by atoms with E-state index < -0.39 is 12.1 Å². The molecule has 0 heterocycles. The van der Waals surface area contributed by atoms with Gasteiger partial charge < -0.3 is 5.11 Å². The summed E-state index contributed by atoms with van der Waals surface area (Å²) in [6.07, 6.45) is 9.29. The minimum atomic E-state index is -0.934. The Morgan fingerprint density at radius 2 is 1.86 bits per heavy atom. The molecule has 22 heavy (non-hydrogen) atoms. The van der Waals surface area contributed by atoms with Crippen LogP contribution in [0.1, 0.15) is 51.0 Å². The Hall–Kier alpha value is -1.68. The Labute approximate surface area is 133 Å². The van der Waals surface area contributed by atoms with Crippen LogP contribution >= 0.6 is 0 Å². The van der Waals surface area contributed by atoms with Crippen LogP contribution in [0.2, 0.25) is 0 Å².